The van der Waals surface area contributed by atoms with Crippen LogP contribution in [-0.2, 0) is 31.0 Å². The van der Waals surface area contributed by atoms with Crippen molar-refractivity contribution in [2.45, 2.75) is 38.8 Å². The number of nitrogens with zero attached hydrogens (tertiary/aromatic N) is 4. The van der Waals surface area contributed by atoms with Gasteiger partial charge in [0.05, 0.1) is 23.9 Å². The number of esters is 1. The fraction of sp³-hybridized carbons (Fsp3) is 0.452. The molecule has 2 N–H and O–H groups in total. The lowest BCUT2D eigenvalue weighted by molar-refractivity contribution is -0.142. The van der Waals surface area contributed by atoms with Crippen molar-refractivity contribution in [2.24, 2.45) is 7.05 Å². The number of carbonyl (C=O) groups is 7. The first-order chi connectivity index (χ1) is 21.9. The highest BCUT2D eigenvalue weighted by Crippen LogP contribution is 2.31. The molecule has 1 saturated heterocycles. The van der Waals surface area contributed by atoms with Gasteiger partial charge in [-0.2, -0.15) is 0 Å². The number of piperidine rings is 1. The van der Waals surface area contributed by atoms with Crippen molar-refractivity contribution in [2.75, 3.05) is 46.9 Å². The van der Waals surface area contributed by atoms with Gasteiger partial charge in [0.2, 0.25) is 17.7 Å². The Bertz CT molecular complexity index is 1570. The molecule has 15 nitrogen and oxygen atoms in total. The zero-order valence-corrected chi connectivity index (χ0v) is 26.5. The van der Waals surface area contributed by atoms with Crippen LogP contribution in [0.15, 0.2) is 30.3 Å². The van der Waals surface area contributed by atoms with Crippen LogP contribution >= 0.6 is 0 Å². The van der Waals surface area contributed by atoms with Crippen molar-refractivity contribution >= 4 is 41.4 Å². The second-order valence-corrected chi connectivity index (χ2v) is 10.9. The van der Waals surface area contributed by atoms with E-state index in [4.69, 9.17) is 9.47 Å². The molecule has 46 heavy (non-hydrogen) atoms. The van der Waals surface area contributed by atoms with E-state index in [-0.39, 0.29) is 42.0 Å². The Morgan fingerprint density at radius 3 is 2.41 bits per heavy atom. The second-order valence-electron chi connectivity index (χ2n) is 10.9. The normalized spacial score (nSPS) is 16.7. The minimum absolute atomic E-state index is 0.000394. The Hall–Kier alpha value is -5.05. The average Bonchev–Trinajstić information content (AvgIpc) is 3.53. The van der Waals surface area contributed by atoms with Gasteiger partial charge in [0, 0.05) is 33.1 Å². The number of hydrogen-bond acceptors (Lipinski definition) is 10. The molecule has 1 aromatic heterocycles. The number of hydrogen-bond donors (Lipinski definition) is 2. The van der Waals surface area contributed by atoms with Crippen LogP contribution in [0, 0.1) is 0 Å². The molecule has 246 valence electrons. The van der Waals surface area contributed by atoms with Gasteiger partial charge in [0.1, 0.15) is 17.5 Å². The summed E-state index contributed by atoms with van der Waals surface area (Å²) in [6.07, 6.45) is 0.0148. The van der Waals surface area contributed by atoms with Gasteiger partial charge in [-0.25, -0.2) is 4.79 Å². The van der Waals surface area contributed by atoms with Gasteiger partial charge >= 0.3 is 5.97 Å². The van der Waals surface area contributed by atoms with Gasteiger partial charge in [-0.3, -0.25) is 39.0 Å². The summed E-state index contributed by atoms with van der Waals surface area (Å²) in [4.78, 5) is 94.0. The summed E-state index contributed by atoms with van der Waals surface area (Å²) in [6, 6.07) is 5.01. The summed E-state index contributed by atoms with van der Waals surface area (Å²) < 4.78 is 12.2. The maximum atomic E-state index is 13.8. The Morgan fingerprint density at radius 1 is 1.04 bits per heavy atom. The van der Waals surface area contributed by atoms with Gasteiger partial charge in [-0.05, 0) is 57.3 Å². The number of rotatable bonds is 13. The van der Waals surface area contributed by atoms with Crippen molar-refractivity contribution in [1.82, 2.24) is 29.9 Å². The minimum Gasteiger partial charge on any atom is -0.484 e. The van der Waals surface area contributed by atoms with Crippen molar-refractivity contribution in [3.05, 3.63) is 52.8 Å². The molecule has 6 amide bonds. The highest BCUT2D eigenvalue weighted by atomic mass is 16.5. The van der Waals surface area contributed by atoms with Gasteiger partial charge in [-0.1, -0.05) is 6.92 Å². The Kier molecular flexibility index (Phi) is 10.6. The van der Waals surface area contributed by atoms with Gasteiger partial charge < -0.3 is 29.2 Å². The molecule has 2 aliphatic heterocycles. The van der Waals surface area contributed by atoms with E-state index in [0.717, 1.165) is 4.90 Å². The van der Waals surface area contributed by atoms with Crippen LogP contribution in [0.5, 0.6) is 5.75 Å². The fourth-order valence-electron chi connectivity index (χ4n) is 5.42. The SMILES string of the molecule is CCNC(=O)C(c1ccc(C(=O)OC)n1C)N(CCN(C)CC)C(=O)COc1ccc2c(c1)C(=O)N(C1CCC(=O)NC1=O)C2=O. The summed E-state index contributed by atoms with van der Waals surface area (Å²) >= 11 is 0. The second kappa shape index (κ2) is 14.4. The Morgan fingerprint density at radius 2 is 1.76 bits per heavy atom. The quantitative estimate of drug-likeness (QED) is 0.228. The fourth-order valence-corrected chi connectivity index (χ4v) is 5.42. The van der Waals surface area contributed by atoms with Gasteiger partial charge in [0.25, 0.3) is 17.7 Å². The number of amides is 6. The number of likely N-dealkylation sites (N-methyl/N-ethyl adjacent to an activating group) is 2. The summed E-state index contributed by atoms with van der Waals surface area (Å²) in [5.74, 6) is -4.06. The van der Waals surface area contributed by atoms with Crippen molar-refractivity contribution < 1.29 is 43.0 Å². The van der Waals surface area contributed by atoms with Crippen molar-refractivity contribution in [1.29, 1.82) is 0 Å². The third-order valence-electron chi connectivity index (χ3n) is 8.10. The summed E-state index contributed by atoms with van der Waals surface area (Å²) in [7, 11) is 4.73. The van der Waals surface area contributed by atoms with E-state index >= 15 is 0 Å². The Balaban J connectivity index is 1.59. The molecule has 1 fully saturated rings. The number of methoxy groups -OCH3 is 1. The van der Waals surface area contributed by atoms with Crippen LogP contribution in [0.4, 0.5) is 0 Å². The number of imide groups is 2. The lowest BCUT2D eigenvalue weighted by Gasteiger charge is -2.32. The number of nitrogens with one attached hydrogen (secondary N) is 2. The van der Waals surface area contributed by atoms with E-state index < -0.39 is 60.1 Å². The molecule has 2 aromatic rings. The van der Waals surface area contributed by atoms with Crippen molar-refractivity contribution in [3.63, 3.8) is 0 Å². The predicted octanol–water partition coefficient (Wildman–Crippen LogP) is 0.249. The molecule has 2 aliphatic rings. The van der Waals surface area contributed by atoms with Crippen LogP contribution in [0.2, 0.25) is 0 Å². The molecular weight excluding hydrogens is 600 g/mol. The standard InChI is InChI=1S/C31H38N6O9/c1-6-32-28(41)26(21-10-11-23(35(21)4)31(44)45-5)36(15-14-34(3)7-2)25(39)17-46-18-8-9-19-20(16-18)30(43)37(29(19)42)22-12-13-24(38)33-27(22)40/h8-11,16,22,26H,6-7,12-15,17H2,1-5H3,(H,32,41)(H,33,38,40). The van der Waals surface area contributed by atoms with Crippen LogP contribution in [0.25, 0.3) is 0 Å². The van der Waals surface area contributed by atoms with Crippen molar-refractivity contribution in [3.8, 4) is 5.75 Å². The average molecular weight is 639 g/mol. The first kappa shape index (κ1) is 33.8. The molecule has 0 bridgehead atoms. The topological polar surface area (TPSA) is 177 Å². The maximum absolute atomic E-state index is 13.8. The van der Waals surface area contributed by atoms with E-state index in [9.17, 15) is 33.6 Å². The lowest BCUT2D eigenvalue weighted by Crippen LogP contribution is -2.54. The first-order valence-corrected chi connectivity index (χ1v) is 14.9. The molecule has 2 unspecified atom stereocenters. The molecule has 0 aliphatic carbocycles. The molecule has 0 radical (unpaired) electrons. The molecule has 3 heterocycles. The van der Waals surface area contributed by atoms with Gasteiger partial charge in [-0.15, -0.1) is 0 Å². The highest BCUT2D eigenvalue weighted by molar-refractivity contribution is 6.23. The predicted molar refractivity (Wildman–Crippen MR) is 162 cm³/mol. The molecule has 0 spiro atoms. The largest absolute Gasteiger partial charge is 0.484 e. The number of fused-ring (bicyclic) bond motifs is 1. The van der Waals surface area contributed by atoms with Crippen LogP contribution in [0.1, 0.15) is 69.6 Å². The summed E-state index contributed by atoms with van der Waals surface area (Å²) in [5.41, 5.74) is 0.651. The molecule has 0 saturated carbocycles. The van der Waals surface area contributed by atoms with E-state index in [1.807, 2.05) is 18.9 Å². The first-order valence-electron chi connectivity index (χ1n) is 14.9. The van der Waals surface area contributed by atoms with Gasteiger partial charge in [0.15, 0.2) is 12.6 Å². The highest BCUT2D eigenvalue weighted by Gasteiger charge is 2.45. The molecule has 4 rings (SSSR count). The summed E-state index contributed by atoms with van der Waals surface area (Å²) in [6.45, 7) is 4.76. The third-order valence-corrected chi connectivity index (χ3v) is 8.10. The number of carbonyl (C=O) groups excluding carboxylic acids is 7. The number of aromatic nitrogens is 1. The zero-order chi connectivity index (χ0) is 33.7. The molecule has 15 heteroatoms. The van der Waals surface area contributed by atoms with Crippen LogP contribution < -0.4 is 15.4 Å². The monoisotopic (exact) mass is 638 g/mol. The number of ether oxygens (including phenoxy) is 2. The van der Waals surface area contributed by atoms with Crippen LogP contribution in [0.3, 0.4) is 0 Å². The zero-order valence-electron chi connectivity index (χ0n) is 26.5. The third kappa shape index (κ3) is 6.78. The molecule has 1 aromatic carbocycles. The van der Waals surface area contributed by atoms with E-state index in [2.05, 4.69) is 10.6 Å². The maximum Gasteiger partial charge on any atom is 0.354 e. The molecular formula is C31H38N6O9. The Labute approximate surface area is 265 Å². The smallest absolute Gasteiger partial charge is 0.354 e. The van der Waals surface area contributed by atoms with Crippen LogP contribution in [-0.4, -0.2) is 114 Å². The molecule has 2 atom stereocenters. The minimum atomic E-state index is -1.12. The lowest BCUT2D eigenvalue weighted by atomic mass is 10.0. The van der Waals surface area contributed by atoms with E-state index in [0.29, 0.717) is 25.3 Å². The van der Waals surface area contributed by atoms with E-state index in [1.165, 1.54) is 40.8 Å². The number of benzene rings is 1. The summed E-state index contributed by atoms with van der Waals surface area (Å²) in [5, 5.41) is 4.92. The van der Waals surface area contributed by atoms with E-state index in [1.54, 1.807) is 20.0 Å².